The van der Waals surface area contributed by atoms with Crippen LogP contribution in [0.1, 0.15) is 18.9 Å². The largest absolute Gasteiger partial charge is 0.697 e. The SMILES string of the molecule is Nc1ncnc2c1ncn2[C@@H]1O[C@H](COP(=O)(O)O)[C@@H](O[P+](=O)OC[C@@H]2C[C@@H](F)[C@H](n3cnc4c(N)ncnc43)O2)[C@H]1F. The second kappa shape index (κ2) is 11.6. The highest BCUT2D eigenvalue weighted by Gasteiger charge is 2.53. The van der Waals surface area contributed by atoms with Gasteiger partial charge >= 0.3 is 16.1 Å². The number of fused-ring (bicyclic) bond motifs is 2. The van der Waals surface area contributed by atoms with Crippen LogP contribution in [-0.4, -0.2) is 92.7 Å². The zero-order valence-electron chi connectivity index (χ0n) is 21.6. The van der Waals surface area contributed by atoms with E-state index in [9.17, 15) is 13.5 Å². The van der Waals surface area contributed by atoms with Gasteiger partial charge in [0.2, 0.25) is 0 Å². The molecule has 2 fully saturated rings. The maximum Gasteiger partial charge on any atom is 0.697 e. The number of hydrogen-bond acceptors (Lipinski definition) is 15. The topological polar surface area (TPSA) is 260 Å². The molecule has 2 aliphatic heterocycles. The van der Waals surface area contributed by atoms with Gasteiger partial charge in [-0.3, -0.25) is 13.7 Å². The molecule has 8 atom stereocenters. The standard InChI is InChI=1S/C20H22F2N10O9P2/c21-9-1-8(39-19(9)31-6-29-12-15(23)25-4-27-17(12)31)2-37-42(33)41-14-10(3-38-43(34,35)36)40-20(11(14)22)32-7-30-13-16(24)26-5-28-18(13)32/h4-11,14,19-20H,1-3H2,(H5-,23,24,25,26,27,28,34,35,36)/p+1/t8-,9+,10+,11+,14+,19+,20+/m0/s1. The van der Waals surface area contributed by atoms with Crippen LogP contribution in [0.15, 0.2) is 25.3 Å². The van der Waals surface area contributed by atoms with Crippen LogP contribution in [-0.2, 0) is 32.2 Å². The first-order chi connectivity index (χ1) is 20.5. The van der Waals surface area contributed by atoms with E-state index in [-0.39, 0.29) is 40.4 Å². The van der Waals surface area contributed by atoms with Crippen molar-refractivity contribution in [3.8, 4) is 0 Å². The van der Waals surface area contributed by atoms with Gasteiger partial charge in [-0.25, -0.2) is 43.2 Å². The number of nitrogen functional groups attached to an aromatic ring is 2. The van der Waals surface area contributed by atoms with E-state index in [1.54, 1.807) is 0 Å². The van der Waals surface area contributed by atoms with Gasteiger partial charge in [0.25, 0.3) is 0 Å². The highest BCUT2D eigenvalue weighted by atomic mass is 31.2. The Morgan fingerprint density at radius 2 is 1.56 bits per heavy atom. The molecule has 230 valence electrons. The summed E-state index contributed by atoms with van der Waals surface area (Å²) in [6.45, 7) is -1.24. The van der Waals surface area contributed by atoms with E-state index in [2.05, 4.69) is 34.4 Å². The van der Waals surface area contributed by atoms with Crippen molar-refractivity contribution in [2.24, 2.45) is 0 Å². The molecule has 0 amide bonds. The van der Waals surface area contributed by atoms with Crippen LogP contribution in [0.2, 0.25) is 0 Å². The number of nitrogens with two attached hydrogens (primary N) is 2. The molecular formula is C20H23F2N10O9P2+. The summed E-state index contributed by atoms with van der Waals surface area (Å²) in [6, 6.07) is 0. The Morgan fingerprint density at radius 3 is 2.16 bits per heavy atom. The van der Waals surface area contributed by atoms with Gasteiger partial charge in [0.15, 0.2) is 47.7 Å². The Balaban J connectivity index is 1.12. The van der Waals surface area contributed by atoms with Gasteiger partial charge in [0.05, 0.1) is 25.4 Å². The molecule has 0 saturated carbocycles. The van der Waals surface area contributed by atoms with E-state index >= 15 is 4.39 Å². The third kappa shape index (κ3) is 5.91. The van der Waals surface area contributed by atoms with Crippen LogP contribution in [0.25, 0.3) is 22.3 Å². The summed E-state index contributed by atoms with van der Waals surface area (Å²) in [5, 5.41) is 0. The minimum atomic E-state index is -4.99. The number of phosphoric ester groups is 1. The molecule has 0 spiro atoms. The van der Waals surface area contributed by atoms with Crippen molar-refractivity contribution in [3.63, 3.8) is 0 Å². The van der Waals surface area contributed by atoms with Crippen molar-refractivity contribution in [2.45, 2.75) is 49.5 Å². The lowest BCUT2D eigenvalue weighted by molar-refractivity contribution is -0.0455. The molecule has 0 aromatic carbocycles. The van der Waals surface area contributed by atoms with E-state index in [0.29, 0.717) is 0 Å². The summed E-state index contributed by atoms with van der Waals surface area (Å²) in [5.74, 6) is 0.131. The number of alkyl halides is 2. The first-order valence-electron chi connectivity index (χ1n) is 12.4. The average molecular weight is 647 g/mol. The van der Waals surface area contributed by atoms with Gasteiger partial charge in [-0.05, 0) is 0 Å². The Bertz CT molecular complexity index is 1710. The predicted molar refractivity (Wildman–Crippen MR) is 138 cm³/mol. The number of aromatic nitrogens is 8. The first-order valence-corrected chi connectivity index (χ1v) is 15.0. The summed E-state index contributed by atoms with van der Waals surface area (Å²) in [4.78, 5) is 42.1. The van der Waals surface area contributed by atoms with Crippen molar-refractivity contribution in [1.82, 2.24) is 39.0 Å². The fraction of sp³-hybridized carbons (Fsp3) is 0.500. The Hall–Kier alpha value is -3.39. The lowest BCUT2D eigenvalue weighted by atomic mass is 10.1. The fourth-order valence-corrected chi connectivity index (χ4v) is 5.93. The molecule has 1 unspecified atom stereocenters. The number of ether oxygens (including phenoxy) is 2. The molecule has 43 heavy (non-hydrogen) atoms. The normalized spacial score (nSPS) is 28.3. The molecule has 4 aromatic heterocycles. The molecule has 2 saturated heterocycles. The lowest BCUT2D eigenvalue weighted by Gasteiger charge is -2.15. The second-order valence-electron chi connectivity index (χ2n) is 9.45. The second-order valence-corrected chi connectivity index (χ2v) is 11.6. The minimum Gasteiger partial charge on any atom is -0.382 e. The van der Waals surface area contributed by atoms with Crippen LogP contribution in [0.3, 0.4) is 0 Å². The molecule has 6 N–H and O–H groups in total. The third-order valence-electron chi connectivity index (χ3n) is 6.70. The van der Waals surface area contributed by atoms with Crippen LogP contribution >= 0.6 is 16.1 Å². The van der Waals surface area contributed by atoms with Gasteiger partial charge in [0.1, 0.15) is 42.6 Å². The zero-order valence-corrected chi connectivity index (χ0v) is 23.4. The van der Waals surface area contributed by atoms with E-state index in [0.717, 1.165) is 6.33 Å². The molecule has 19 nitrogen and oxygen atoms in total. The monoisotopic (exact) mass is 647 g/mol. The van der Waals surface area contributed by atoms with E-state index in [1.165, 1.54) is 28.1 Å². The van der Waals surface area contributed by atoms with Crippen LogP contribution in [0.4, 0.5) is 20.4 Å². The molecular weight excluding hydrogens is 624 g/mol. The Labute approximate surface area is 239 Å². The summed E-state index contributed by atoms with van der Waals surface area (Å²) in [7, 11) is -8.07. The van der Waals surface area contributed by atoms with E-state index < -0.39 is 72.4 Å². The predicted octanol–water partition coefficient (Wildman–Crippen LogP) is 0.860. The number of nitrogens with zero attached hydrogens (tertiary/aromatic N) is 8. The van der Waals surface area contributed by atoms with Crippen LogP contribution < -0.4 is 11.5 Å². The molecule has 6 rings (SSSR count). The van der Waals surface area contributed by atoms with Crippen molar-refractivity contribution in [1.29, 1.82) is 0 Å². The van der Waals surface area contributed by atoms with Crippen molar-refractivity contribution >= 4 is 50.0 Å². The van der Waals surface area contributed by atoms with Gasteiger partial charge in [-0.15, -0.1) is 9.05 Å². The molecule has 2 aliphatic rings. The average Bonchev–Trinajstić information content (AvgIpc) is 3.72. The minimum absolute atomic E-state index is 0.0216. The van der Waals surface area contributed by atoms with Gasteiger partial charge in [-0.2, -0.15) is 0 Å². The summed E-state index contributed by atoms with van der Waals surface area (Å²) in [5.41, 5.74) is 12.3. The quantitative estimate of drug-likeness (QED) is 0.174. The first kappa shape index (κ1) is 29.7. The van der Waals surface area contributed by atoms with Crippen LogP contribution in [0.5, 0.6) is 0 Å². The number of anilines is 2. The smallest absolute Gasteiger partial charge is 0.382 e. The summed E-state index contributed by atoms with van der Waals surface area (Å²) in [6.07, 6.45) is -5.59. The molecule has 23 heteroatoms. The fourth-order valence-electron chi connectivity index (χ4n) is 4.79. The Morgan fingerprint density at radius 1 is 0.953 bits per heavy atom. The van der Waals surface area contributed by atoms with Crippen molar-refractivity contribution in [2.75, 3.05) is 24.7 Å². The maximum atomic E-state index is 15.7. The zero-order chi connectivity index (χ0) is 30.5. The Kier molecular flexibility index (Phi) is 8.01. The molecule has 6 heterocycles. The molecule has 0 radical (unpaired) electrons. The van der Waals surface area contributed by atoms with Crippen molar-refractivity contribution in [3.05, 3.63) is 25.3 Å². The van der Waals surface area contributed by atoms with Gasteiger partial charge in [0, 0.05) is 11.0 Å². The number of imidazole rings is 2. The number of hydrogen-bond donors (Lipinski definition) is 4. The lowest BCUT2D eigenvalue weighted by Crippen LogP contribution is -2.33. The number of phosphoric acid groups is 1. The van der Waals surface area contributed by atoms with Crippen molar-refractivity contribution < 1.29 is 50.7 Å². The van der Waals surface area contributed by atoms with E-state index in [4.69, 9.17) is 39.8 Å². The summed E-state index contributed by atoms with van der Waals surface area (Å²) < 4.78 is 83.5. The molecule has 4 aromatic rings. The molecule has 0 aliphatic carbocycles. The van der Waals surface area contributed by atoms with Gasteiger partial charge < -0.3 is 30.7 Å². The molecule has 0 bridgehead atoms. The number of rotatable bonds is 10. The highest BCUT2D eigenvalue weighted by molar-refractivity contribution is 7.46. The van der Waals surface area contributed by atoms with E-state index in [1.807, 2.05) is 0 Å². The highest BCUT2D eigenvalue weighted by Crippen LogP contribution is 2.44. The third-order valence-corrected chi connectivity index (χ3v) is 7.96. The maximum absolute atomic E-state index is 15.7. The number of halogens is 2. The van der Waals surface area contributed by atoms with Gasteiger partial charge in [-0.1, -0.05) is 0 Å². The summed E-state index contributed by atoms with van der Waals surface area (Å²) >= 11 is 0. The van der Waals surface area contributed by atoms with Crippen LogP contribution in [0, 0.1) is 0 Å².